The molecule has 0 radical (unpaired) electrons. The quantitative estimate of drug-likeness (QED) is 0.191. The molecule has 0 fully saturated rings. The van der Waals surface area contributed by atoms with Gasteiger partial charge in [0.15, 0.2) is 0 Å². The van der Waals surface area contributed by atoms with E-state index in [0.29, 0.717) is 15.7 Å². The number of carboxylic acid groups (broad SMARTS) is 1. The number of nitrogens with zero attached hydrogens (tertiary/aromatic N) is 3. The third kappa shape index (κ3) is 5.79. The minimum atomic E-state index is -1.27. The van der Waals surface area contributed by atoms with Gasteiger partial charge in [0.25, 0.3) is 5.69 Å². The van der Waals surface area contributed by atoms with Crippen molar-refractivity contribution in [3.05, 3.63) is 110 Å². The van der Waals surface area contributed by atoms with E-state index in [1.54, 1.807) is 12.3 Å². The number of benzene rings is 3. The van der Waals surface area contributed by atoms with Crippen LogP contribution in [0.1, 0.15) is 27.9 Å². The zero-order valence-electron chi connectivity index (χ0n) is 18.3. The average molecular weight is 511 g/mol. The van der Waals surface area contributed by atoms with Crippen LogP contribution in [0.5, 0.6) is 0 Å². The number of aryl methyl sites for hydroxylation is 2. The maximum atomic E-state index is 11.8. The van der Waals surface area contributed by atoms with E-state index in [0.717, 1.165) is 36.5 Å². The Kier molecular flexibility index (Phi) is 7.33. The third-order valence-electron chi connectivity index (χ3n) is 5.47. The molecule has 4 aromatic rings. The van der Waals surface area contributed by atoms with E-state index in [1.165, 1.54) is 23.2 Å². The van der Waals surface area contributed by atoms with Crippen molar-refractivity contribution in [3.63, 3.8) is 0 Å². The van der Waals surface area contributed by atoms with E-state index in [4.69, 9.17) is 23.2 Å². The zero-order valence-corrected chi connectivity index (χ0v) is 19.8. The van der Waals surface area contributed by atoms with Crippen LogP contribution in [-0.4, -0.2) is 25.6 Å². The molecule has 0 spiro atoms. The van der Waals surface area contributed by atoms with Gasteiger partial charge in [0.05, 0.1) is 32.5 Å². The Labute approximate surface area is 210 Å². The number of aromatic carboxylic acids is 1. The van der Waals surface area contributed by atoms with Gasteiger partial charge < -0.3 is 15.0 Å². The van der Waals surface area contributed by atoms with Crippen LogP contribution in [0.15, 0.2) is 73.3 Å². The normalized spacial score (nSPS) is 10.8. The first-order chi connectivity index (χ1) is 16.8. The second-order valence-electron chi connectivity index (χ2n) is 7.84. The SMILES string of the molecule is O=C(O)c1cc([N+](=O)[O-])c(-n2ccnc2)cc1Nc1ccc(CCCc2ccc(Cl)c(Cl)c2)cc1. The Morgan fingerprint density at radius 1 is 1.03 bits per heavy atom. The second-order valence-corrected chi connectivity index (χ2v) is 8.66. The highest BCUT2D eigenvalue weighted by atomic mass is 35.5. The second kappa shape index (κ2) is 10.6. The Bertz CT molecular complexity index is 1370. The Morgan fingerprint density at radius 3 is 2.37 bits per heavy atom. The van der Waals surface area contributed by atoms with Gasteiger partial charge >= 0.3 is 5.97 Å². The number of nitrogens with one attached hydrogen (secondary N) is 1. The predicted molar refractivity (Wildman–Crippen MR) is 135 cm³/mol. The first-order valence-corrected chi connectivity index (χ1v) is 11.4. The summed E-state index contributed by atoms with van der Waals surface area (Å²) in [7, 11) is 0. The van der Waals surface area contributed by atoms with Crippen LogP contribution in [-0.2, 0) is 12.8 Å². The number of nitro groups is 1. The molecular weight excluding hydrogens is 491 g/mol. The molecule has 0 aliphatic carbocycles. The molecule has 10 heteroatoms. The highest BCUT2D eigenvalue weighted by molar-refractivity contribution is 6.42. The Morgan fingerprint density at radius 2 is 1.74 bits per heavy atom. The van der Waals surface area contributed by atoms with Gasteiger partial charge in [-0.05, 0) is 60.7 Å². The number of halogens is 2. The molecule has 2 N–H and O–H groups in total. The molecule has 0 saturated heterocycles. The van der Waals surface area contributed by atoms with E-state index in [-0.39, 0.29) is 22.6 Å². The monoisotopic (exact) mass is 510 g/mol. The maximum absolute atomic E-state index is 11.8. The topological polar surface area (TPSA) is 110 Å². The van der Waals surface area contributed by atoms with Gasteiger partial charge in [-0.3, -0.25) is 10.1 Å². The smallest absolute Gasteiger partial charge is 0.338 e. The maximum Gasteiger partial charge on any atom is 0.338 e. The van der Waals surface area contributed by atoms with Gasteiger partial charge in [-0.1, -0.05) is 41.4 Å². The summed E-state index contributed by atoms with van der Waals surface area (Å²) in [5, 5.41) is 25.4. The molecule has 0 bridgehead atoms. The van der Waals surface area contributed by atoms with Crippen LogP contribution in [0.25, 0.3) is 5.69 Å². The van der Waals surface area contributed by atoms with Crippen molar-refractivity contribution in [1.82, 2.24) is 9.55 Å². The lowest BCUT2D eigenvalue weighted by Gasteiger charge is -2.13. The van der Waals surface area contributed by atoms with Crippen molar-refractivity contribution in [3.8, 4) is 5.69 Å². The fourth-order valence-electron chi connectivity index (χ4n) is 3.71. The number of rotatable bonds is 9. The molecule has 0 aliphatic heterocycles. The van der Waals surface area contributed by atoms with Gasteiger partial charge in [-0.25, -0.2) is 9.78 Å². The molecule has 3 aromatic carbocycles. The highest BCUT2D eigenvalue weighted by Gasteiger charge is 2.23. The number of nitro benzene ring substituents is 1. The molecule has 8 nitrogen and oxygen atoms in total. The molecule has 178 valence electrons. The van der Waals surface area contributed by atoms with E-state index in [2.05, 4.69) is 10.3 Å². The Hall–Kier alpha value is -3.88. The zero-order chi connectivity index (χ0) is 24.9. The van der Waals surface area contributed by atoms with Crippen molar-refractivity contribution >= 4 is 46.2 Å². The predicted octanol–water partition coefficient (Wildman–Crippen LogP) is 6.70. The molecule has 1 heterocycles. The fraction of sp³-hybridized carbons (Fsp3) is 0.120. The number of imidazole rings is 1. The van der Waals surface area contributed by atoms with E-state index in [9.17, 15) is 20.0 Å². The van der Waals surface area contributed by atoms with Gasteiger partial charge in [0.1, 0.15) is 5.69 Å². The summed E-state index contributed by atoms with van der Waals surface area (Å²) in [6.45, 7) is 0. The fourth-order valence-corrected chi connectivity index (χ4v) is 4.03. The minimum absolute atomic E-state index is 0.203. The molecule has 0 atom stereocenters. The number of carbonyl (C=O) groups is 1. The third-order valence-corrected chi connectivity index (χ3v) is 6.21. The summed E-state index contributed by atoms with van der Waals surface area (Å²) in [5.74, 6) is -1.27. The number of hydrogen-bond acceptors (Lipinski definition) is 5. The van der Waals surface area contributed by atoms with Gasteiger partial charge in [0.2, 0.25) is 0 Å². The van der Waals surface area contributed by atoms with Crippen LogP contribution >= 0.6 is 23.2 Å². The lowest BCUT2D eigenvalue weighted by Crippen LogP contribution is -2.07. The molecule has 0 aliphatic rings. The van der Waals surface area contributed by atoms with Crippen molar-refractivity contribution in [2.75, 3.05) is 5.32 Å². The largest absolute Gasteiger partial charge is 0.478 e. The molecule has 1 aromatic heterocycles. The number of hydrogen-bond donors (Lipinski definition) is 2. The summed E-state index contributed by atoms with van der Waals surface area (Å²) < 4.78 is 1.46. The van der Waals surface area contributed by atoms with Crippen LogP contribution in [0.2, 0.25) is 10.0 Å². The summed E-state index contributed by atoms with van der Waals surface area (Å²) in [5.41, 5.74) is 2.81. The van der Waals surface area contributed by atoms with Crippen LogP contribution in [0.4, 0.5) is 17.1 Å². The number of aromatic nitrogens is 2. The van der Waals surface area contributed by atoms with Gasteiger partial charge in [0, 0.05) is 24.1 Å². The molecule has 35 heavy (non-hydrogen) atoms. The molecule has 0 amide bonds. The molecule has 4 rings (SSSR count). The van der Waals surface area contributed by atoms with E-state index < -0.39 is 10.9 Å². The van der Waals surface area contributed by atoms with Gasteiger partial charge in [-0.2, -0.15) is 0 Å². The first kappa shape index (κ1) is 24.3. The van der Waals surface area contributed by atoms with Crippen molar-refractivity contribution in [2.45, 2.75) is 19.3 Å². The first-order valence-electron chi connectivity index (χ1n) is 10.7. The Balaban J connectivity index is 1.50. The van der Waals surface area contributed by atoms with Crippen LogP contribution in [0, 0.1) is 10.1 Å². The summed E-state index contributed by atoms with van der Waals surface area (Å²) in [6.07, 6.45) is 7.09. The van der Waals surface area contributed by atoms with Crippen molar-refractivity contribution < 1.29 is 14.8 Å². The lowest BCUT2D eigenvalue weighted by atomic mass is 10.0. The van der Waals surface area contributed by atoms with Crippen molar-refractivity contribution in [1.29, 1.82) is 0 Å². The summed E-state index contributed by atoms with van der Waals surface area (Å²) >= 11 is 12.0. The number of carboxylic acids is 1. The molecule has 0 unspecified atom stereocenters. The summed E-state index contributed by atoms with van der Waals surface area (Å²) in [4.78, 5) is 26.7. The molecule has 0 saturated carbocycles. The number of anilines is 2. The molecular formula is C25H20Cl2N4O4. The average Bonchev–Trinajstić information content (AvgIpc) is 3.37. The van der Waals surface area contributed by atoms with E-state index >= 15 is 0 Å². The van der Waals surface area contributed by atoms with Crippen LogP contribution < -0.4 is 5.32 Å². The standard InChI is InChI=1S/C25H20Cl2N4O4/c26-20-9-6-17(12-21(20)27)3-1-2-16-4-7-18(8-5-16)29-22-14-23(30-11-10-28-15-30)24(31(34)35)13-19(22)25(32)33/h4-15,29H,1-3H2,(H,32,33). The summed E-state index contributed by atoms with van der Waals surface area (Å²) in [6, 6.07) is 15.7. The van der Waals surface area contributed by atoms with E-state index in [1.807, 2.05) is 36.4 Å². The lowest BCUT2D eigenvalue weighted by molar-refractivity contribution is -0.384. The van der Waals surface area contributed by atoms with Crippen LogP contribution in [0.3, 0.4) is 0 Å². The van der Waals surface area contributed by atoms with Crippen molar-refractivity contribution in [2.24, 2.45) is 0 Å². The highest BCUT2D eigenvalue weighted by Crippen LogP contribution is 2.32. The minimum Gasteiger partial charge on any atom is -0.478 e. The van der Waals surface area contributed by atoms with Gasteiger partial charge in [-0.15, -0.1) is 0 Å².